The van der Waals surface area contributed by atoms with E-state index in [0.717, 1.165) is 9.80 Å². The number of hydrogen-bond donors (Lipinski definition) is 0. The zero-order valence-corrected chi connectivity index (χ0v) is 14.1. The van der Waals surface area contributed by atoms with Crippen molar-refractivity contribution < 1.29 is 19.2 Å². The van der Waals surface area contributed by atoms with Crippen molar-refractivity contribution >= 4 is 46.8 Å². The van der Waals surface area contributed by atoms with Crippen molar-refractivity contribution in [1.82, 2.24) is 9.80 Å². The molecule has 0 aliphatic carbocycles. The number of nitrogens with zero attached hydrogens (tertiary/aromatic N) is 2. The van der Waals surface area contributed by atoms with E-state index in [9.17, 15) is 19.2 Å². The van der Waals surface area contributed by atoms with Gasteiger partial charge in [0.1, 0.15) is 11.0 Å². The number of hydrogen-bond acceptors (Lipinski definition) is 4. The number of imide groups is 2. The SMILES string of the molecule is O=C1CCC(=O)N1C(Cl)c1cccc(C(Cl)N2C(=O)CCC2=O)c1. The summed E-state index contributed by atoms with van der Waals surface area (Å²) in [6.45, 7) is 0. The summed E-state index contributed by atoms with van der Waals surface area (Å²) < 4.78 is 0. The van der Waals surface area contributed by atoms with E-state index in [1.54, 1.807) is 24.3 Å². The van der Waals surface area contributed by atoms with Crippen LogP contribution in [-0.2, 0) is 19.2 Å². The Morgan fingerprint density at radius 2 is 1.04 bits per heavy atom. The molecule has 2 unspecified atom stereocenters. The minimum atomic E-state index is -0.943. The number of carbonyl (C=O) groups is 4. The number of benzene rings is 1. The van der Waals surface area contributed by atoms with Crippen molar-refractivity contribution in [2.24, 2.45) is 0 Å². The van der Waals surface area contributed by atoms with Crippen LogP contribution in [0.15, 0.2) is 24.3 Å². The van der Waals surface area contributed by atoms with Gasteiger partial charge in [0.05, 0.1) is 0 Å². The van der Waals surface area contributed by atoms with Gasteiger partial charge < -0.3 is 0 Å². The zero-order chi connectivity index (χ0) is 17.4. The maximum Gasteiger partial charge on any atom is 0.231 e. The molecule has 24 heavy (non-hydrogen) atoms. The molecule has 3 rings (SSSR count). The first kappa shape index (κ1) is 16.9. The van der Waals surface area contributed by atoms with E-state index in [1.165, 1.54) is 0 Å². The summed E-state index contributed by atoms with van der Waals surface area (Å²) in [5.74, 6) is -1.29. The van der Waals surface area contributed by atoms with Crippen molar-refractivity contribution in [3.8, 4) is 0 Å². The van der Waals surface area contributed by atoms with Crippen LogP contribution in [0.1, 0.15) is 47.8 Å². The minimum Gasteiger partial charge on any atom is -0.274 e. The lowest BCUT2D eigenvalue weighted by molar-refractivity contribution is -0.140. The van der Waals surface area contributed by atoms with Gasteiger partial charge >= 0.3 is 0 Å². The van der Waals surface area contributed by atoms with E-state index in [-0.39, 0.29) is 49.3 Å². The first-order valence-corrected chi connectivity index (χ1v) is 8.35. The molecule has 0 spiro atoms. The van der Waals surface area contributed by atoms with Gasteiger partial charge in [-0.3, -0.25) is 29.0 Å². The molecule has 2 atom stereocenters. The van der Waals surface area contributed by atoms with E-state index in [4.69, 9.17) is 23.2 Å². The van der Waals surface area contributed by atoms with Crippen LogP contribution in [0.25, 0.3) is 0 Å². The van der Waals surface area contributed by atoms with Crippen molar-refractivity contribution in [3.05, 3.63) is 35.4 Å². The topological polar surface area (TPSA) is 74.8 Å². The highest BCUT2D eigenvalue weighted by molar-refractivity contribution is 6.24. The number of halogens is 2. The summed E-state index contributed by atoms with van der Waals surface area (Å²) in [7, 11) is 0. The average molecular weight is 369 g/mol. The molecule has 0 saturated carbocycles. The summed E-state index contributed by atoms with van der Waals surface area (Å²) in [5, 5.41) is 0. The molecule has 0 aromatic heterocycles. The Kier molecular flexibility index (Phi) is 4.60. The third-order valence-electron chi connectivity index (χ3n) is 4.09. The van der Waals surface area contributed by atoms with Gasteiger partial charge in [-0.1, -0.05) is 41.4 Å². The fourth-order valence-electron chi connectivity index (χ4n) is 2.85. The minimum absolute atomic E-state index is 0.149. The zero-order valence-electron chi connectivity index (χ0n) is 12.6. The molecule has 4 amide bonds. The van der Waals surface area contributed by atoms with Crippen LogP contribution in [0, 0.1) is 0 Å². The number of rotatable bonds is 4. The van der Waals surface area contributed by atoms with Gasteiger partial charge in [-0.2, -0.15) is 0 Å². The first-order valence-electron chi connectivity index (χ1n) is 7.48. The van der Waals surface area contributed by atoms with E-state index in [1.807, 2.05) is 0 Å². The highest BCUT2D eigenvalue weighted by Gasteiger charge is 2.37. The molecule has 1 aromatic carbocycles. The third-order valence-corrected chi connectivity index (χ3v) is 4.99. The maximum absolute atomic E-state index is 11.8. The number of carbonyl (C=O) groups excluding carboxylic acids is 4. The molecule has 2 aliphatic heterocycles. The Balaban J connectivity index is 1.86. The van der Waals surface area contributed by atoms with Crippen LogP contribution in [0.2, 0.25) is 0 Å². The van der Waals surface area contributed by atoms with Crippen molar-refractivity contribution in [3.63, 3.8) is 0 Å². The van der Waals surface area contributed by atoms with Crippen LogP contribution >= 0.6 is 23.2 Å². The van der Waals surface area contributed by atoms with Crippen LogP contribution < -0.4 is 0 Å². The number of likely N-dealkylation sites (tertiary alicyclic amines) is 2. The monoisotopic (exact) mass is 368 g/mol. The lowest BCUT2D eigenvalue weighted by Crippen LogP contribution is -2.32. The Bertz CT molecular complexity index is 647. The van der Waals surface area contributed by atoms with Gasteiger partial charge in [0, 0.05) is 25.7 Å². The van der Waals surface area contributed by atoms with Gasteiger partial charge in [0.15, 0.2) is 0 Å². The van der Waals surface area contributed by atoms with Crippen molar-refractivity contribution in [2.45, 2.75) is 36.7 Å². The smallest absolute Gasteiger partial charge is 0.231 e. The fraction of sp³-hybridized carbons (Fsp3) is 0.375. The quantitative estimate of drug-likeness (QED) is 0.464. The summed E-state index contributed by atoms with van der Waals surface area (Å²) in [4.78, 5) is 49.3. The van der Waals surface area contributed by atoms with E-state index >= 15 is 0 Å². The Hall–Kier alpha value is -1.92. The van der Waals surface area contributed by atoms with E-state index in [2.05, 4.69) is 0 Å². The maximum atomic E-state index is 11.8. The fourth-order valence-corrected chi connectivity index (χ4v) is 3.55. The van der Waals surface area contributed by atoms with Crippen LogP contribution in [-0.4, -0.2) is 33.4 Å². The average Bonchev–Trinajstić information content (AvgIpc) is 3.08. The lowest BCUT2D eigenvalue weighted by Gasteiger charge is -2.24. The molecule has 8 heteroatoms. The molecule has 0 radical (unpaired) electrons. The summed E-state index contributed by atoms with van der Waals surface area (Å²) >= 11 is 12.6. The van der Waals surface area contributed by atoms with Crippen LogP contribution in [0.3, 0.4) is 0 Å². The lowest BCUT2D eigenvalue weighted by atomic mass is 10.1. The van der Waals surface area contributed by atoms with Crippen LogP contribution in [0.4, 0.5) is 0 Å². The summed E-state index contributed by atoms with van der Waals surface area (Å²) in [5.41, 5.74) is -0.882. The molecular weight excluding hydrogens is 355 g/mol. The molecule has 126 valence electrons. The van der Waals surface area contributed by atoms with Crippen LogP contribution in [0.5, 0.6) is 0 Å². The van der Waals surface area contributed by atoms with Gasteiger partial charge in [-0.15, -0.1) is 0 Å². The summed E-state index contributed by atoms with van der Waals surface area (Å²) in [6.07, 6.45) is 0.598. The van der Waals surface area contributed by atoms with Gasteiger partial charge in [-0.25, -0.2) is 0 Å². The van der Waals surface area contributed by atoms with Crippen molar-refractivity contribution in [2.75, 3.05) is 0 Å². The molecule has 1 aromatic rings. The molecule has 2 aliphatic rings. The third kappa shape index (κ3) is 2.91. The molecule has 6 nitrogen and oxygen atoms in total. The van der Waals surface area contributed by atoms with Gasteiger partial charge in [0.2, 0.25) is 23.6 Å². The Labute approximate surface area is 148 Å². The van der Waals surface area contributed by atoms with Gasteiger partial charge in [0.25, 0.3) is 0 Å². The second-order valence-electron chi connectivity index (χ2n) is 5.66. The van der Waals surface area contributed by atoms with Crippen molar-refractivity contribution in [1.29, 1.82) is 0 Å². The largest absolute Gasteiger partial charge is 0.274 e. The van der Waals surface area contributed by atoms with E-state index < -0.39 is 11.0 Å². The highest BCUT2D eigenvalue weighted by Crippen LogP contribution is 2.35. The molecule has 2 saturated heterocycles. The predicted octanol–water partition coefficient (Wildman–Crippen LogP) is 2.46. The Morgan fingerprint density at radius 3 is 1.38 bits per heavy atom. The first-order chi connectivity index (χ1) is 11.4. The molecule has 2 fully saturated rings. The normalized spacial score (nSPS) is 20.9. The van der Waals surface area contributed by atoms with E-state index in [0.29, 0.717) is 11.1 Å². The predicted molar refractivity (Wildman–Crippen MR) is 85.8 cm³/mol. The number of alkyl halides is 2. The Morgan fingerprint density at radius 1 is 0.708 bits per heavy atom. The molecular formula is C16H14Cl2N2O4. The highest BCUT2D eigenvalue weighted by atomic mass is 35.5. The molecule has 2 heterocycles. The molecule has 0 bridgehead atoms. The van der Waals surface area contributed by atoms with Gasteiger partial charge in [-0.05, 0) is 17.2 Å². The standard InChI is InChI=1S/C16H14Cl2N2O4/c17-15(19-11(21)4-5-12(19)22)9-2-1-3-10(8-9)16(18)20-13(23)6-7-14(20)24/h1-3,8,15-16H,4-7H2. The molecule has 0 N–H and O–H groups in total. The second kappa shape index (κ2) is 6.53. The summed E-state index contributed by atoms with van der Waals surface area (Å²) in [6, 6.07) is 6.59. The number of amides is 4. The second-order valence-corrected chi connectivity index (χ2v) is 6.48.